The van der Waals surface area contributed by atoms with Gasteiger partial charge in [0.1, 0.15) is 18.0 Å². The number of carbonyl (C=O) groups is 1. The van der Waals surface area contributed by atoms with Crippen molar-refractivity contribution in [2.75, 3.05) is 13.7 Å². The van der Waals surface area contributed by atoms with E-state index in [2.05, 4.69) is 6.58 Å². The van der Waals surface area contributed by atoms with Gasteiger partial charge in [-0.3, -0.25) is 10.1 Å². The number of nitrogens with zero attached hydrogens (tertiary/aromatic N) is 1. The third-order valence-corrected chi connectivity index (χ3v) is 2.81. The van der Waals surface area contributed by atoms with E-state index in [-0.39, 0.29) is 34.4 Å². The molecule has 1 aromatic rings. The Balaban J connectivity index is 0.00000277. The van der Waals surface area contributed by atoms with E-state index in [4.69, 9.17) is 25.8 Å². The number of nitro groups is 1. The van der Waals surface area contributed by atoms with Crippen molar-refractivity contribution in [1.82, 2.24) is 0 Å². The van der Waals surface area contributed by atoms with Gasteiger partial charge in [-0.15, -0.1) is 0 Å². The van der Waals surface area contributed by atoms with E-state index >= 15 is 0 Å². The summed E-state index contributed by atoms with van der Waals surface area (Å²) in [6.45, 7) is 12.4. The second-order valence-corrected chi connectivity index (χ2v) is 6.01. The van der Waals surface area contributed by atoms with Crippen LogP contribution in [0, 0.1) is 10.1 Å². The third-order valence-electron chi connectivity index (χ3n) is 2.52. The van der Waals surface area contributed by atoms with Gasteiger partial charge in [-0.25, -0.2) is 4.79 Å². The molecule has 0 aliphatic heterocycles. The van der Waals surface area contributed by atoms with Crippen LogP contribution in [0.2, 0.25) is 5.02 Å². The van der Waals surface area contributed by atoms with Gasteiger partial charge in [-0.05, 0) is 20.8 Å². The van der Waals surface area contributed by atoms with Crippen molar-refractivity contribution in [2.24, 2.45) is 0 Å². The minimum Gasteiger partial charge on any atom is -0.495 e. The lowest BCUT2D eigenvalue weighted by atomic mass is 10.2. The van der Waals surface area contributed by atoms with Crippen LogP contribution in [0.15, 0.2) is 24.3 Å². The molecule has 25 heavy (non-hydrogen) atoms. The first kappa shape index (κ1) is 22.7. The Morgan fingerprint density at radius 1 is 1.28 bits per heavy atom. The fourth-order valence-electron chi connectivity index (χ4n) is 1.51. The quantitative estimate of drug-likeness (QED) is 0.314. The fraction of sp³-hybridized carbons (Fsp3) is 0.471. The van der Waals surface area contributed by atoms with E-state index < -0.39 is 16.5 Å². The van der Waals surface area contributed by atoms with Crippen molar-refractivity contribution in [2.45, 2.75) is 40.2 Å². The summed E-state index contributed by atoms with van der Waals surface area (Å²) in [7, 11) is 1.34. The van der Waals surface area contributed by atoms with Crippen LogP contribution in [-0.2, 0) is 9.53 Å². The fourth-order valence-corrected chi connectivity index (χ4v) is 1.74. The highest BCUT2D eigenvalue weighted by Crippen LogP contribution is 2.37. The van der Waals surface area contributed by atoms with E-state index in [1.54, 1.807) is 20.8 Å². The molecule has 0 aromatic heterocycles. The Labute approximate surface area is 152 Å². The number of benzene rings is 1. The Hall–Kier alpha value is -2.28. The number of esters is 1. The second-order valence-electron chi connectivity index (χ2n) is 5.61. The molecule has 0 heterocycles. The van der Waals surface area contributed by atoms with Gasteiger partial charge in [0.05, 0.1) is 28.7 Å². The van der Waals surface area contributed by atoms with Gasteiger partial charge in [0, 0.05) is 6.07 Å². The van der Waals surface area contributed by atoms with Gasteiger partial charge in [0.25, 0.3) is 0 Å². The molecule has 8 heteroatoms. The molecule has 0 saturated heterocycles. The van der Waals surface area contributed by atoms with E-state index in [0.717, 1.165) is 6.07 Å². The molecular formula is C17H24ClNO6. The van der Waals surface area contributed by atoms with Crippen molar-refractivity contribution in [3.05, 3.63) is 39.4 Å². The lowest BCUT2D eigenvalue weighted by molar-refractivity contribution is -0.385. The van der Waals surface area contributed by atoms with Crippen LogP contribution in [0.4, 0.5) is 5.69 Å². The van der Waals surface area contributed by atoms with Gasteiger partial charge in [-0.2, -0.15) is 0 Å². The van der Waals surface area contributed by atoms with E-state index in [0.29, 0.717) is 0 Å². The second kappa shape index (κ2) is 9.88. The SMILES string of the molecule is C=C(COc1cc(Cl)c(OC)cc1[N+](=O)[O-])C(=O)OC(C)(C)C.CC. The molecule has 140 valence electrons. The maximum absolute atomic E-state index is 11.8. The van der Waals surface area contributed by atoms with E-state index in [9.17, 15) is 14.9 Å². The molecule has 0 aliphatic rings. The average Bonchev–Trinajstić information content (AvgIpc) is 2.52. The highest BCUT2D eigenvalue weighted by atomic mass is 35.5. The molecule has 0 radical (unpaired) electrons. The molecule has 1 aromatic carbocycles. The molecule has 0 saturated carbocycles. The molecule has 0 N–H and O–H groups in total. The van der Waals surface area contributed by atoms with Gasteiger partial charge < -0.3 is 14.2 Å². The molecule has 0 aliphatic carbocycles. The first-order chi connectivity index (χ1) is 11.5. The first-order valence-corrected chi connectivity index (χ1v) is 7.99. The van der Waals surface area contributed by atoms with Crippen molar-refractivity contribution in [3.63, 3.8) is 0 Å². The zero-order valence-corrected chi connectivity index (χ0v) is 16.1. The predicted molar refractivity (Wildman–Crippen MR) is 96.5 cm³/mol. The summed E-state index contributed by atoms with van der Waals surface area (Å²) >= 11 is 5.93. The zero-order chi connectivity index (χ0) is 19.8. The van der Waals surface area contributed by atoms with Crippen LogP contribution in [-0.4, -0.2) is 30.2 Å². The molecule has 7 nitrogen and oxygen atoms in total. The third kappa shape index (κ3) is 7.43. The van der Waals surface area contributed by atoms with Gasteiger partial charge in [-0.1, -0.05) is 32.0 Å². The van der Waals surface area contributed by atoms with Crippen molar-refractivity contribution < 1.29 is 23.9 Å². The summed E-state index contributed by atoms with van der Waals surface area (Å²) in [5.74, 6) is -0.582. The average molecular weight is 374 g/mol. The smallest absolute Gasteiger partial charge is 0.337 e. The molecule has 0 amide bonds. The van der Waals surface area contributed by atoms with E-state index in [1.807, 2.05) is 13.8 Å². The molecule has 0 bridgehead atoms. The lowest BCUT2D eigenvalue weighted by Gasteiger charge is -2.20. The Bertz CT molecular complexity index is 637. The van der Waals surface area contributed by atoms with Crippen LogP contribution in [0.3, 0.4) is 0 Å². The summed E-state index contributed by atoms with van der Waals surface area (Å²) in [6, 6.07) is 2.40. The predicted octanol–water partition coefficient (Wildman–Crippen LogP) is 4.56. The van der Waals surface area contributed by atoms with Crippen LogP contribution < -0.4 is 9.47 Å². The maximum atomic E-state index is 11.8. The normalized spacial score (nSPS) is 10.2. The molecular weight excluding hydrogens is 350 g/mol. The highest BCUT2D eigenvalue weighted by molar-refractivity contribution is 6.32. The van der Waals surface area contributed by atoms with Crippen molar-refractivity contribution in [3.8, 4) is 11.5 Å². The standard InChI is InChI=1S/C15H18ClNO6.C2H6/c1-9(14(18)23-15(2,3)4)8-22-13-6-10(16)12(21-5)7-11(13)17(19)20;1-2/h6-7H,1,8H2,2-5H3;1-2H3. The maximum Gasteiger partial charge on any atom is 0.337 e. The number of methoxy groups -OCH3 is 1. The molecule has 0 atom stereocenters. The number of halogens is 1. The lowest BCUT2D eigenvalue weighted by Crippen LogP contribution is -2.26. The van der Waals surface area contributed by atoms with Crippen molar-refractivity contribution in [1.29, 1.82) is 0 Å². The number of hydrogen-bond donors (Lipinski definition) is 0. The molecule has 0 fully saturated rings. The highest BCUT2D eigenvalue weighted by Gasteiger charge is 2.22. The van der Waals surface area contributed by atoms with Gasteiger partial charge in [0.2, 0.25) is 0 Å². The van der Waals surface area contributed by atoms with Crippen LogP contribution in [0.1, 0.15) is 34.6 Å². The summed E-state index contributed by atoms with van der Waals surface area (Å²) in [6.07, 6.45) is 0. The Kier molecular flexibility index (Phi) is 8.98. The van der Waals surface area contributed by atoms with Gasteiger partial charge in [0.15, 0.2) is 5.75 Å². The van der Waals surface area contributed by atoms with Crippen molar-refractivity contribution >= 4 is 23.3 Å². The monoisotopic (exact) mass is 373 g/mol. The van der Waals surface area contributed by atoms with Crippen LogP contribution >= 0.6 is 11.6 Å². The minimum atomic E-state index is -0.671. The largest absolute Gasteiger partial charge is 0.495 e. The molecule has 1 rings (SSSR count). The number of hydrogen-bond acceptors (Lipinski definition) is 6. The zero-order valence-electron chi connectivity index (χ0n) is 15.3. The van der Waals surface area contributed by atoms with E-state index in [1.165, 1.54) is 13.2 Å². The number of nitro benzene ring substituents is 1. The number of rotatable bonds is 6. The number of carbonyl (C=O) groups excluding carboxylic acids is 1. The first-order valence-electron chi connectivity index (χ1n) is 7.61. The topological polar surface area (TPSA) is 87.9 Å². The minimum absolute atomic E-state index is 0.0289. The number of ether oxygens (including phenoxy) is 3. The Morgan fingerprint density at radius 2 is 1.84 bits per heavy atom. The van der Waals surface area contributed by atoms with Gasteiger partial charge >= 0.3 is 11.7 Å². The summed E-state index contributed by atoms with van der Waals surface area (Å²) in [4.78, 5) is 22.2. The van der Waals surface area contributed by atoms with Crippen LogP contribution in [0.5, 0.6) is 11.5 Å². The summed E-state index contributed by atoms with van der Waals surface area (Å²) in [5, 5.41) is 11.2. The molecule has 0 unspecified atom stereocenters. The summed E-state index contributed by atoms with van der Waals surface area (Å²) < 4.78 is 15.3. The Morgan fingerprint density at radius 3 is 2.28 bits per heavy atom. The molecule has 0 spiro atoms. The summed E-state index contributed by atoms with van der Waals surface area (Å²) in [5.41, 5.74) is -0.973. The van der Waals surface area contributed by atoms with Crippen LogP contribution in [0.25, 0.3) is 0 Å².